The van der Waals surface area contributed by atoms with Crippen molar-refractivity contribution in [3.8, 4) is 0 Å². The lowest BCUT2D eigenvalue weighted by Crippen LogP contribution is -2.46. The van der Waals surface area contributed by atoms with Crippen molar-refractivity contribution in [3.63, 3.8) is 0 Å². The minimum absolute atomic E-state index is 0. The maximum atomic E-state index is 13.5. The first kappa shape index (κ1) is 29.4. The second-order valence-corrected chi connectivity index (χ2v) is 13.1. The number of benzene rings is 2. The number of hydrogen-bond acceptors (Lipinski definition) is 6. The number of carbonyl (C=O) groups is 2. The van der Waals surface area contributed by atoms with E-state index in [2.05, 4.69) is 29.2 Å². The predicted octanol–water partition coefficient (Wildman–Crippen LogP) is 3.81. The summed E-state index contributed by atoms with van der Waals surface area (Å²) in [5, 5.41) is 0. The largest absolute Gasteiger partial charge is 0.453 e. The summed E-state index contributed by atoms with van der Waals surface area (Å²) in [5.41, 5.74) is 1.91. The van der Waals surface area contributed by atoms with E-state index >= 15 is 0 Å². The molecule has 5 rings (SSSR count). The first-order chi connectivity index (χ1) is 18.2. The van der Waals surface area contributed by atoms with E-state index in [1.807, 2.05) is 15.9 Å². The van der Waals surface area contributed by atoms with Crippen LogP contribution < -0.4 is 0 Å². The van der Waals surface area contributed by atoms with E-state index in [1.54, 1.807) is 24.3 Å². The molecule has 0 aromatic heterocycles. The van der Waals surface area contributed by atoms with Gasteiger partial charge in [-0.2, -0.15) is 0 Å². The van der Waals surface area contributed by atoms with Crippen molar-refractivity contribution < 1.29 is 22.7 Å². The summed E-state index contributed by atoms with van der Waals surface area (Å²) in [6.45, 7) is 5.24. The van der Waals surface area contributed by atoms with Crippen LogP contribution in [0.3, 0.4) is 0 Å². The fourth-order valence-corrected chi connectivity index (χ4v) is 7.11. The van der Waals surface area contributed by atoms with E-state index in [9.17, 15) is 18.0 Å². The van der Waals surface area contributed by atoms with E-state index in [0.717, 1.165) is 51.0 Å². The first-order valence-electron chi connectivity index (χ1n) is 13.4. The molecule has 2 atom stereocenters. The highest BCUT2D eigenvalue weighted by Crippen LogP contribution is 2.43. The first-order valence-corrected chi connectivity index (χ1v) is 15.3. The maximum absolute atomic E-state index is 13.5. The summed E-state index contributed by atoms with van der Waals surface area (Å²) in [4.78, 5) is 32.3. The third-order valence-electron chi connectivity index (χ3n) is 8.73. The zero-order chi connectivity index (χ0) is 26.9. The standard InChI is InChI=1S/C29H37N3O5S.ClH/c1-37-28(34)32-20-24(26(21-32)23-6-4-3-5-7-23)19-30-15-12-29(13-16-30)14-17-31(27(29)33)18-22-8-10-25(11-9-22)38(2,35)36;/h3-11,24,26H,12-21H2,1-2H3;1H/t24-,26?;/m0./s1. The minimum Gasteiger partial charge on any atom is -0.453 e. The number of halogens is 1. The van der Waals surface area contributed by atoms with Gasteiger partial charge < -0.3 is 19.4 Å². The predicted molar refractivity (Wildman–Crippen MR) is 152 cm³/mol. The Morgan fingerprint density at radius 1 is 0.974 bits per heavy atom. The molecule has 39 heavy (non-hydrogen) atoms. The average molecular weight is 576 g/mol. The van der Waals surface area contributed by atoms with Gasteiger partial charge in [0.1, 0.15) is 0 Å². The lowest BCUT2D eigenvalue weighted by molar-refractivity contribution is -0.139. The fourth-order valence-electron chi connectivity index (χ4n) is 6.48. The van der Waals surface area contributed by atoms with Gasteiger partial charge in [0.15, 0.2) is 9.84 Å². The third-order valence-corrected chi connectivity index (χ3v) is 9.86. The van der Waals surface area contributed by atoms with Crippen LogP contribution in [0.2, 0.25) is 0 Å². The number of nitrogens with zero attached hydrogens (tertiary/aromatic N) is 3. The summed E-state index contributed by atoms with van der Waals surface area (Å²) in [6, 6.07) is 17.2. The molecule has 0 N–H and O–H groups in total. The molecule has 10 heteroatoms. The van der Waals surface area contributed by atoms with E-state index in [-0.39, 0.29) is 35.7 Å². The molecule has 2 aromatic carbocycles. The van der Waals surface area contributed by atoms with Gasteiger partial charge in [0.05, 0.1) is 17.4 Å². The van der Waals surface area contributed by atoms with Gasteiger partial charge in [0.25, 0.3) is 0 Å². The summed E-state index contributed by atoms with van der Waals surface area (Å²) in [6.07, 6.45) is 3.49. The topological polar surface area (TPSA) is 87.2 Å². The monoisotopic (exact) mass is 575 g/mol. The Morgan fingerprint density at radius 2 is 1.62 bits per heavy atom. The van der Waals surface area contributed by atoms with Gasteiger partial charge in [-0.1, -0.05) is 42.5 Å². The van der Waals surface area contributed by atoms with Crippen LogP contribution in [0.15, 0.2) is 59.5 Å². The molecule has 1 unspecified atom stereocenters. The average Bonchev–Trinajstić information content (AvgIpc) is 3.47. The molecule has 3 heterocycles. The van der Waals surface area contributed by atoms with Crippen LogP contribution in [0.1, 0.15) is 36.3 Å². The zero-order valence-electron chi connectivity index (χ0n) is 22.6. The quantitative estimate of drug-likeness (QED) is 0.521. The molecule has 1 spiro atoms. The van der Waals surface area contributed by atoms with Crippen molar-refractivity contribution in [3.05, 3.63) is 65.7 Å². The summed E-state index contributed by atoms with van der Waals surface area (Å²) >= 11 is 0. The van der Waals surface area contributed by atoms with Gasteiger partial charge in [-0.15, -0.1) is 12.4 Å². The van der Waals surface area contributed by atoms with Crippen molar-refractivity contribution in [1.29, 1.82) is 0 Å². The Labute approximate surface area is 237 Å². The highest BCUT2D eigenvalue weighted by atomic mass is 35.5. The molecule has 2 amide bonds. The van der Waals surface area contributed by atoms with Crippen LogP contribution in [-0.2, 0) is 25.9 Å². The fraction of sp³-hybridized carbons (Fsp3) is 0.517. The number of likely N-dealkylation sites (tertiary alicyclic amines) is 3. The van der Waals surface area contributed by atoms with Gasteiger partial charge in [0.2, 0.25) is 5.91 Å². The molecule has 0 saturated carbocycles. The Balaban J connectivity index is 0.00000353. The number of piperidine rings is 1. The molecule has 3 aliphatic heterocycles. The minimum atomic E-state index is -3.23. The van der Waals surface area contributed by atoms with Gasteiger partial charge in [-0.3, -0.25) is 4.79 Å². The summed E-state index contributed by atoms with van der Waals surface area (Å²) < 4.78 is 28.5. The van der Waals surface area contributed by atoms with E-state index in [4.69, 9.17) is 4.74 Å². The number of hydrogen-bond donors (Lipinski definition) is 0. The molecule has 3 fully saturated rings. The van der Waals surface area contributed by atoms with E-state index in [1.165, 1.54) is 18.9 Å². The second-order valence-electron chi connectivity index (χ2n) is 11.1. The number of rotatable bonds is 6. The van der Waals surface area contributed by atoms with Crippen LogP contribution in [0.25, 0.3) is 0 Å². The molecule has 0 bridgehead atoms. The van der Waals surface area contributed by atoms with Gasteiger partial charge in [-0.25, -0.2) is 13.2 Å². The maximum Gasteiger partial charge on any atom is 0.409 e. The number of carbonyl (C=O) groups excluding carboxylic acids is 2. The summed E-state index contributed by atoms with van der Waals surface area (Å²) in [7, 11) is -1.80. The number of amides is 2. The van der Waals surface area contributed by atoms with Crippen molar-refractivity contribution in [2.45, 2.75) is 36.6 Å². The van der Waals surface area contributed by atoms with Crippen LogP contribution in [0.5, 0.6) is 0 Å². The van der Waals surface area contributed by atoms with Crippen molar-refractivity contribution >= 4 is 34.2 Å². The normalized spacial score (nSPS) is 23.2. The van der Waals surface area contributed by atoms with Gasteiger partial charge in [0, 0.05) is 44.9 Å². The SMILES string of the molecule is COC(=O)N1CC(c2ccccc2)[C@@H](CN2CCC3(CC2)CCN(Cc2ccc(S(C)(=O)=O)cc2)C3=O)C1.Cl. The molecular weight excluding hydrogens is 538 g/mol. The highest BCUT2D eigenvalue weighted by molar-refractivity contribution is 7.90. The molecule has 212 valence electrons. The molecule has 3 saturated heterocycles. The Hall–Kier alpha value is -2.62. The number of ether oxygens (including phenoxy) is 1. The van der Waals surface area contributed by atoms with Crippen molar-refractivity contribution in [1.82, 2.24) is 14.7 Å². The lowest BCUT2D eigenvalue weighted by Gasteiger charge is -2.39. The molecule has 0 aliphatic carbocycles. The molecular formula is C29H38ClN3O5S. The Kier molecular flexibility index (Phi) is 8.93. The van der Waals surface area contributed by atoms with Crippen LogP contribution in [-0.4, -0.2) is 87.8 Å². The van der Waals surface area contributed by atoms with Crippen LogP contribution >= 0.6 is 12.4 Å². The van der Waals surface area contributed by atoms with E-state index in [0.29, 0.717) is 30.4 Å². The smallest absolute Gasteiger partial charge is 0.409 e. The second kappa shape index (κ2) is 11.9. The molecule has 0 radical (unpaired) electrons. The van der Waals surface area contributed by atoms with Crippen molar-refractivity contribution in [2.75, 3.05) is 52.6 Å². The summed E-state index contributed by atoms with van der Waals surface area (Å²) in [5.74, 6) is 0.810. The van der Waals surface area contributed by atoms with Gasteiger partial charge in [-0.05, 0) is 61.5 Å². The van der Waals surface area contributed by atoms with Crippen LogP contribution in [0, 0.1) is 11.3 Å². The lowest BCUT2D eigenvalue weighted by atomic mass is 9.76. The van der Waals surface area contributed by atoms with Gasteiger partial charge >= 0.3 is 6.09 Å². The molecule has 8 nitrogen and oxygen atoms in total. The zero-order valence-corrected chi connectivity index (χ0v) is 24.3. The third kappa shape index (κ3) is 6.26. The molecule has 3 aliphatic rings. The number of sulfone groups is 1. The van der Waals surface area contributed by atoms with E-state index < -0.39 is 9.84 Å². The number of methoxy groups -OCH3 is 1. The van der Waals surface area contributed by atoms with Crippen LogP contribution in [0.4, 0.5) is 4.79 Å². The molecule has 2 aromatic rings. The van der Waals surface area contributed by atoms with Crippen molar-refractivity contribution in [2.24, 2.45) is 11.3 Å². The Morgan fingerprint density at radius 3 is 2.23 bits per heavy atom. The Bertz CT molecular complexity index is 1260. The highest BCUT2D eigenvalue weighted by Gasteiger charge is 2.48.